The summed E-state index contributed by atoms with van der Waals surface area (Å²) in [5, 5.41) is 3.90. The van der Waals surface area contributed by atoms with Crippen molar-refractivity contribution in [2.24, 2.45) is 0 Å². The Bertz CT molecular complexity index is 584. The van der Waals surface area contributed by atoms with Gasteiger partial charge in [0.1, 0.15) is 9.90 Å². The Morgan fingerprint density at radius 3 is 2.75 bits per heavy atom. The molecule has 2 aromatic rings. The lowest BCUT2D eigenvalue weighted by Gasteiger charge is -2.04. The lowest BCUT2D eigenvalue weighted by atomic mass is 10.5. The fourth-order valence-electron chi connectivity index (χ4n) is 0.943. The SMILES string of the molecule is O=S(=O)(Nc1cnns1)c1cncc(Br)c1. The maximum absolute atomic E-state index is 11.8. The standard InChI is InChI=1S/C7H5BrN4O2S2/c8-5-1-6(3-9-2-5)16(13,14)11-7-4-10-12-15-7/h1-4,11H. The molecular weight excluding hydrogens is 316 g/mol. The van der Waals surface area contributed by atoms with E-state index in [2.05, 4.69) is 35.2 Å². The molecule has 0 saturated carbocycles. The first kappa shape index (κ1) is 11.4. The van der Waals surface area contributed by atoms with Crippen LogP contribution in [-0.4, -0.2) is 23.0 Å². The highest BCUT2D eigenvalue weighted by Gasteiger charge is 2.15. The Kier molecular flexibility index (Phi) is 3.17. The second-order valence-electron chi connectivity index (χ2n) is 2.73. The van der Waals surface area contributed by atoms with Crippen LogP contribution in [0.5, 0.6) is 0 Å². The number of halogens is 1. The van der Waals surface area contributed by atoms with Gasteiger partial charge in [0.15, 0.2) is 0 Å². The van der Waals surface area contributed by atoms with Crippen molar-refractivity contribution in [1.82, 2.24) is 14.6 Å². The van der Waals surface area contributed by atoms with Crippen LogP contribution in [-0.2, 0) is 10.0 Å². The molecule has 0 fully saturated rings. The Morgan fingerprint density at radius 2 is 2.12 bits per heavy atom. The molecule has 16 heavy (non-hydrogen) atoms. The van der Waals surface area contributed by atoms with E-state index in [0.29, 0.717) is 9.47 Å². The van der Waals surface area contributed by atoms with Gasteiger partial charge in [-0.1, -0.05) is 4.49 Å². The summed E-state index contributed by atoms with van der Waals surface area (Å²) < 4.78 is 30.2. The average Bonchev–Trinajstić information content (AvgIpc) is 2.70. The van der Waals surface area contributed by atoms with Gasteiger partial charge in [-0.05, 0) is 22.0 Å². The molecular formula is C7H5BrN4O2S2. The van der Waals surface area contributed by atoms with E-state index in [0.717, 1.165) is 11.5 Å². The van der Waals surface area contributed by atoms with Gasteiger partial charge in [-0.25, -0.2) is 8.42 Å². The maximum Gasteiger partial charge on any atom is 0.264 e. The van der Waals surface area contributed by atoms with Gasteiger partial charge in [0, 0.05) is 28.4 Å². The highest BCUT2D eigenvalue weighted by molar-refractivity contribution is 9.10. The Labute approximate surface area is 104 Å². The first-order valence-corrected chi connectivity index (χ1v) is 7.03. The summed E-state index contributed by atoms with van der Waals surface area (Å²) in [5.41, 5.74) is 0. The first-order valence-electron chi connectivity index (χ1n) is 3.99. The zero-order valence-corrected chi connectivity index (χ0v) is 10.9. The van der Waals surface area contributed by atoms with Crippen molar-refractivity contribution in [2.45, 2.75) is 4.90 Å². The highest BCUT2D eigenvalue weighted by atomic mass is 79.9. The lowest BCUT2D eigenvalue weighted by molar-refractivity contribution is 0.601. The smallest absolute Gasteiger partial charge is 0.264 e. The molecule has 0 bridgehead atoms. The van der Waals surface area contributed by atoms with Crippen LogP contribution in [0.25, 0.3) is 0 Å². The zero-order chi connectivity index (χ0) is 11.6. The zero-order valence-electron chi connectivity index (χ0n) is 7.66. The van der Waals surface area contributed by atoms with Crippen molar-refractivity contribution < 1.29 is 8.42 Å². The fourth-order valence-corrected chi connectivity index (χ4v) is 3.13. The van der Waals surface area contributed by atoms with E-state index >= 15 is 0 Å². The van der Waals surface area contributed by atoms with Crippen LogP contribution in [0.1, 0.15) is 0 Å². The molecule has 2 aromatic heterocycles. The number of anilines is 1. The molecule has 0 aliphatic rings. The summed E-state index contributed by atoms with van der Waals surface area (Å²) in [6.07, 6.45) is 4.11. The molecule has 0 spiro atoms. The minimum absolute atomic E-state index is 0.0790. The molecule has 2 heterocycles. The topological polar surface area (TPSA) is 84.8 Å². The van der Waals surface area contributed by atoms with Gasteiger partial charge in [0.25, 0.3) is 10.0 Å². The quantitative estimate of drug-likeness (QED) is 0.926. The summed E-state index contributed by atoms with van der Waals surface area (Å²) in [7, 11) is -3.62. The van der Waals surface area contributed by atoms with Crippen molar-refractivity contribution in [3.63, 3.8) is 0 Å². The van der Waals surface area contributed by atoms with Gasteiger partial charge < -0.3 is 0 Å². The van der Waals surface area contributed by atoms with Gasteiger partial charge in [-0.2, -0.15) is 0 Å². The van der Waals surface area contributed by atoms with Crippen LogP contribution >= 0.6 is 27.5 Å². The van der Waals surface area contributed by atoms with E-state index < -0.39 is 10.0 Å². The van der Waals surface area contributed by atoms with Crippen LogP contribution in [0.4, 0.5) is 5.00 Å². The van der Waals surface area contributed by atoms with E-state index in [4.69, 9.17) is 0 Å². The molecule has 0 saturated heterocycles. The van der Waals surface area contributed by atoms with E-state index in [1.807, 2.05) is 0 Å². The molecule has 2 rings (SSSR count). The molecule has 0 amide bonds. The van der Waals surface area contributed by atoms with Crippen LogP contribution in [0.2, 0.25) is 0 Å². The van der Waals surface area contributed by atoms with Crippen LogP contribution in [0.3, 0.4) is 0 Å². The second kappa shape index (κ2) is 4.44. The average molecular weight is 321 g/mol. The van der Waals surface area contributed by atoms with Gasteiger partial charge in [-0.3, -0.25) is 9.71 Å². The minimum Gasteiger partial charge on any atom is -0.268 e. The predicted molar refractivity (Wildman–Crippen MR) is 62.7 cm³/mol. The third-order valence-corrected chi connectivity index (χ3v) is 4.06. The maximum atomic E-state index is 11.8. The molecule has 6 nitrogen and oxygen atoms in total. The van der Waals surface area contributed by atoms with Gasteiger partial charge >= 0.3 is 0 Å². The fraction of sp³-hybridized carbons (Fsp3) is 0. The number of nitrogens with one attached hydrogen (secondary N) is 1. The van der Waals surface area contributed by atoms with E-state index in [1.165, 1.54) is 24.7 Å². The largest absolute Gasteiger partial charge is 0.268 e. The lowest BCUT2D eigenvalue weighted by Crippen LogP contribution is -2.12. The van der Waals surface area contributed by atoms with E-state index in [9.17, 15) is 8.42 Å². The first-order chi connectivity index (χ1) is 7.58. The summed E-state index contributed by atoms with van der Waals surface area (Å²) in [6.45, 7) is 0. The number of hydrogen-bond donors (Lipinski definition) is 1. The molecule has 9 heteroatoms. The molecule has 0 unspecified atom stereocenters. The minimum atomic E-state index is -3.62. The van der Waals surface area contributed by atoms with Gasteiger partial charge in [0.05, 0.1) is 6.20 Å². The Morgan fingerprint density at radius 1 is 1.31 bits per heavy atom. The highest BCUT2D eigenvalue weighted by Crippen LogP contribution is 2.19. The van der Waals surface area contributed by atoms with Crippen molar-refractivity contribution in [3.05, 3.63) is 29.1 Å². The third kappa shape index (κ3) is 2.54. The summed E-state index contributed by atoms with van der Waals surface area (Å²) in [6, 6.07) is 1.46. The summed E-state index contributed by atoms with van der Waals surface area (Å²) in [5.74, 6) is 0. The van der Waals surface area contributed by atoms with Crippen LogP contribution in [0.15, 0.2) is 34.0 Å². The molecule has 0 radical (unpaired) electrons. The van der Waals surface area contributed by atoms with Crippen molar-refractivity contribution in [1.29, 1.82) is 0 Å². The molecule has 84 valence electrons. The summed E-state index contributed by atoms with van der Waals surface area (Å²) in [4.78, 5) is 3.86. The van der Waals surface area contributed by atoms with Crippen LogP contribution < -0.4 is 4.72 Å². The molecule has 1 N–H and O–H groups in total. The Balaban J connectivity index is 2.33. The number of sulfonamides is 1. The van der Waals surface area contributed by atoms with Crippen LogP contribution in [0, 0.1) is 0 Å². The monoisotopic (exact) mass is 320 g/mol. The Hall–Kier alpha value is -1.06. The number of hydrogen-bond acceptors (Lipinski definition) is 6. The number of nitrogens with zero attached hydrogens (tertiary/aromatic N) is 3. The number of rotatable bonds is 3. The molecule has 0 aliphatic carbocycles. The molecule has 0 atom stereocenters. The third-order valence-electron chi connectivity index (χ3n) is 1.59. The van der Waals surface area contributed by atoms with Gasteiger partial charge in [0.2, 0.25) is 0 Å². The van der Waals surface area contributed by atoms with E-state index in [-0.39, 0.29) is 4.90 Å². The van der Waals surface area contributed by atoms with Crippen molar-refractivity contribution >= 4 is 42.5 Å². The van der Waals surface area contributed by atoms with E-state index in [1.54, 1.807) is 0 Å². The number of pyridine rings is 1. The number of aromatic nitrogens is 3. The van der Waals surface area contributed by atoms with Gasteiger partial charge in [-0.15, -0.1) is 5.10 Å². The predicted octanol–water partition coefficient (Wildman–Crippen LogP) is 1.50. The molecule has 0 aromatic carbocycles. The second-order valence-corrected chi connectivity index (χ2v) is 6.11. The summed E-state index contributed by atoms with van der Waals surface area (Å²) >= 11 is 4.12. The normalized spacial score (nSPS) is 11.3. The van der Waals surface area contributed by atoms with Crippen molar-refractivity contribution in [3.8, 4) is 0 Å². The molecule has 0 aliphatic heterocycles. The van der Waals surface area contributed by atoms with Crippen molar-refractivity contribution in [2.75, 3.05) is 4.72 Å².